The number of nitrogens with one attached hydrogen (secondary N) is 1. The maximum atomic E-state index is 13.3. The number of phenols is 1. The highest BCUT2D eigenvalue weighted by molar-refractivity contribution is 6.03. The second kappa shape index (κ2) is 8.51. The number of hydrogen-bond donors (Lipinski definition) is 2. The zero-order valence-corrected chi connectivity index (χ0v) is 18.8. The molecule has 0 radical (unpaired) electrons. The lowest BCUT2D eigenvalue weighted by atomic mass is 10.1. The van der Waals surface area contributed by atoms with Gasteiger partial charge in [-0.05, 0) is 44.3 Å². The quantitative estimate of drug-likeness (QED) is 0.606. The van der Waals surface area contributed by atoms with Gasteiger partial charge in [-0.1, -0.05) is 18.2 Å². The molecule has 2 N–H and O–H groups in total. The third kappa shape index (κ3) is 3.99. The van der Waals surface area contributed by atoms with E-state index < -0.39 is 0 Å². The standard InChI is InChI=1S/C25H28N4O3/c1-16-13-26-21-12-23(30)19(11-18(16)21)25(32)29-14-17-7-5-8-22(20(17)15-29)28(4)24(31)9-6-10-27(2)3/h5-9,11-13,26,30H,10,14-15H2,1-4H3/b9-6+. The van der Waals surface area contributed by atoms with Gasteiger partial charge >= 0.3 is 0 Å². The normalized spacial score (nSPS) is 13.3. The molecule has 166 valence electrons. The number of fused-ring (bicyclic) bond motifs is 2. The van der Waals surface area contributed by atoms with E-state index >= 15 is 0 Å². The highest BCUT2D eigenvalue weighted by Gasteiger charge is 2.29. The molecule has 1 aliphatic rings. The van der Waals surface area contributed by atoms with Crippen LogP contribution in [0.5, 0.6) is 5.75 Å². The van der Waals surface area contributed by atoms with E-state index in [0.717, 1.165) is 33.3 Å². The van der Waals surface area contributed by atoms with Gasteiger partial charge in [-0.25, -0.2) is 0 Å². The number of H-pyrrole nitrogens is 1. The minimum Gasteiger partial charge on any atom is -0.507 e. The fraction of sp³-hybridized carbons (Fsp3) is 0.280. The van der Waals surface area contributed by atoms with Crippen molar-refractivity contribution in [2.75, 3.05) is 32.6 Å². The van der Waals surface area contributed by atoms with Crippen LogP contribution in [0.15, 0.2) is 48.7 Å². The zero-order chi connectivity index (χ0) is 23.0. The first-order valence-corrected chi connectivity index (χ1v) is 10.6. The molecule has 32 heavy (non-hydrogen) atoms. The highest BCUT2D eigenvalue weighted by atomic mass is 16.3. The Balaban J connectivity index is 1.58. The predicted octanol–water partition coefficient (Wildman–Crippen LogP) is 3.42. The Morgan fingerprint density at radius 2 is 1.97 bits per heavy atom. The Hall–Kier alpha value is -3.58. The number of nitrogens with zero attached hydrogens (tertiary/aromatic N) is 3. The van der Waals surface area contributed by atoms with Crippen molar-refractivity contribution in [3.63, 3.8) is 0 Å². The number of aromatic amines is 1. The van der Waals surface area contributed by atoms with Crippen LogP contribution in [0.25, 0.3) is 10.9 Å². The summed E-state index contributed by atoms with van der Waals surface area (Å²) in [6, 6.07) is 9.12. The molecule has 0 aliphatic carbocycles. The number of amides is 2. The summed E-state index contributed by atoms with van der Waals surface area (Å²) in [5.74, 6) is -0.387. The van der Waals surface area contributed by atoms with Gasteiger partial charge < -0.3 is 24.8 Å². The Labute approximate surface area is 187 Å². The van der Waals surface area contributed by atoms with Crippen molar-refractivity contribution in [2.45, 2.75) is 20.0 Å². The molecule has 7 heteroatoms. The molecule has 3 aromatic rings. The molecular formula is C25H28N4O3. The van der Waals surface area contributed by atoms with Crippen molar-refractivity contribution in [3.8, 4) is 5.75 Å². The van der Waals surface area contributed by atoms with Crippen LogP contribution in [0.1, 0.15) is 27.0 Å². The van der Waals surface area contributed by atoms with Crippen molar-refractivity contribution in [1.29, 1.82) is 0 Å². The summed E-state index contributed by atoms with van der Waals surface area (Å²) >= 11 is 0. The lowest BCUT2D eigenvalue weighted by Gasteiger charge is -2.20. The third-order valence-electron chi connectivity index (χ3n) is 5.90. The summed E-state index contributed by atoms with van der Waals surface area (Å²) in [4.78, 5) is 34.3. The lowest BCUT2D eigenvalue weighted by Crippen LogP contribution is -2.27. The summed E-state index contributed by atoms with van der Waals surface area (Å²) in [6.45, 7) is 3.46. The summed E-state index contributed by atoms with van der Waals surface area (Å²) in [6.07, 6.45) is 5.26. The average Bonchev–Trinajstić information content (AvgIpc) is 3.35. The SMILES string of the molecule is Cc1c[nH]c2cc(O)c(C(=O)N3Cc4cccc(N(C)C(=O)/C=C/CN(C)C)c4C3)cc12. The minimum atomic E-state index is -0.230. The van der Waals surface area contributed by atoms with Gasteiger partial charge in [0.05, 0.1) is 5.56 Å². The Morgan fingerprint density at radius 1 is 1.19 bits per heavy atom. The van der Waals surface area contributed by atoms with Crippen LogP contribution in [0, 0.1) is 6.92 Å². The molecule has 0 bridgehead atoms. The van der Waals surface area contributed by atoms with Crippen LogP contribution in [-0.4, -0.2) is 59.4 Å². The molecule has 2 heterocycles. The van der Waals surface area contributed by atoms with Crippen molar-refractivity contribution >= 4 is 28.4 Å². The van der Waals surface area contributed by atoms with Crippen LogP contribution in [0.2, 0.25) is 0 Å². The average molecular weight is 433 g/mol. The van der Waals surface area contributed by atoms with Gasteiger partial charge in [-0.15, -0.1) is 0 Å². The van der Waals surface area contributed by atoms with Crippen molar-refractivity contribution in [2.24, 2.45) is 0 Å². The predicted molar refractivity (Wildman–Crippen MR) is 126 cm³/mol. The van der Waals surface area contributed by atoms with Crippen LogP contribution in [0.3, 0.4) is 0 Å². The van der Waals surface area contributed by atoms with Gasteiger partial charge in [0, 0.05) is 67.2 Å². The van der Waals surface area contributed by atoms with E-state index in [2.05, 4.69) is 4.98 Å². The minimum absolute atomic E-state index is 0.0427. The molecule has 0 saturated heterocycles. The number of phenolic OH excluding ortho intramolecular Hbond substituents is 1. The van der Waals surface area contributed by atoms with Gasteiger partial charge in [0.2, 0.25) is 5.91 Å². The Bertz CT molecular complexity index is 1230. The summed E-state index contributed by atoms with van der Waals surface area (Å²) in [5.41, 5.74) is 4.85. The third-order valence-corrected chi connectivity index (χ3v) is 5.90. The number of hydrogen-bond acceptors (Lipinski definition) is 4. The Kier molecular flexibility index (Phi) is 5.76. The van der Waals surface area contributed by atoms with E-state index in [1.54, 1.807) is 35.1 Å². The van der Waals surface area contributed by atoms with Crippen LogP contribution < -0.4 is 4.90 Å². The molecule has 4 rings (SSSR count). The number of benzene rings is 2. The summed E-state index contributed by atoms with van der Waals surface area (Å²) < 4.78 is 0. The molecule has 0 fully saturated rings. The molecule has 7 nitrogen and oxygen atoms in total. The van der Waals surface area contributed by atoms with E-state index in [1.807, 2.05) is 56.4 Å². The first-order chi connectivity index (χ1) is 15.3. The van der Waals surface area contributed by atoms with E-state index in [-0.39, 0.29) is 23.1 Å². The van der Waals surface area contributed by atoms with Crippen LogP contribution in [0.4, 0.5) is 5.69 Å². The second-order valence-electron chi connectivity index (χ2n) is 8.52. The number of carbonyl (C=O) groups excluding carboxylic acids is 2. The molecular weight excluding hydrogens is 404 g/mol. The number of aryl methyl sites for hydroxylation is 1. The number of rotatable bonds is 5. The molecule has 2 amide bonds. The van der Waals surface area contributed by atoms with E-state index in [0.29, 0.717) is 19.6 Å². The van der Waals surface area contributed by atoms with Crippen molar-refractivity contribution < 1.29 is 14.7 Å². The first kappa shape index (κ1) is 21.6. The van der Waals surface area contributed by atoms with Gasteiger partial charge in [-0.2, -0.15) is 0 Å². The number of aromatic hydroxyl groups is 1. The second-order valence-corrected chi connectivity index (χ2v) is 8.52. The molecule has 2 aromatic carbocycles. The van der Waals surface area contributed by atoms with Gasteiger partial charge in [0.1, 0.15) is 5.75 Å². The maximum Gasteiger partial charge on any atom is 0.258 e. The van der Waals surface area contributed by atoms with Crippen molar-refractivity contribution in [3.05, 3.63) is 70.9 Å². The van der Waals surface area contributed by atoms with Crippen LogP contribution >= 0.6 is 0 Å². The zero-order valence-electron chi connectivity index (χ0n) is 18.8. The smallest absolute Gasteiger partial charge is 0.258 e. The maximum absolute atomic E-state index is 13.3. The molecule has 0 unspecified atom stereocenters. The summed E-state index contributed by atoms with van der Waals surface area (Å²) in [5, 5.41) is 11.4. The van der Waals surface area contributed by atoms with Gasteiger partial charge in [-0.3, -0.25) is 9.59 Å². The van der Waals surface area contributed by atoms with E-state index in [9.17, 15) is 14.7 Å². The molecule has 0 atom stereocenters. The van der Waals surface area contributed by atoms with E-state index in [1.165, 1.54) is 0 Å². The van der Waals surface area contributed by atoms with Crippen molar-refractivity contribution in [1.82, 2.24) is 14.8 Å². The Morgan fingerprint density at radius 3 is 2.72 bits per heavy atom. The number of aromatic nitrogens is 1. The first-order valence-electron chi connectivity index (χ1n) is 10.6. The largest absolute Gasteiger partial charge is 0.507 e. The van der Waals surface area contributed by atoms with Gasteiger partial charge in [0.15, 0.2) is 0 Å². The molecule has 1 aromatic heterocycles. The van der Waals surface area contributed by atoms with Gasteiger partial charge in [0.25, 0.3) is 5.91 Å². The highest BCUT2D eigenvalue weighted by Crippen LogP contribution is 2.34. The number of carbonyl (C=O) groups is 2. The number of likely N-dealkylation sites (N-methyl/N-ethyl adjacent to an activating group) is 2. The fourth-order valence-corrected chi connectivity index (χ4v) is 4.10. The topological polar surface area (TPSA) is 79.9 Å². The van der Waals surface area contributed by atoms with E-state index in [4.69, 9.17) is 0 Å². The molecule has 0 saturated carbocycles. The van der Waals surface area contributed by atoms with Crippen LogP contribution in [-0.2, 0) is 17.9 Å². The fourth-order valence-electron chi connectivity index (χ4n) is 4.10. The molecule has 1 aliphatic heterocycles. The monoisotopic (exact) mass is 432 g/mol. The molecule has 0 spiro atoms. The lowest BCUT2D eigenvalue weighted by molar-refractivity contribution is -0.113. The summed E-state index contributed by atoms with van der Waals surface area (Å²) in [7, 11) is 5.64. The number of anilines is 1.